The van der Waals surface area contributed by atoms with Gasteiger partial charge in [0.05, 0.1) is 13.2 Å². The van der Waals surface area contributed by atoms with Gasteiger partial charge in [-0.2, -0.15) is 4.98 Å². The van der Waals surface area contributed by atoms with Crippen LogP contribution in [-0.2, 0) is 12.4 Å². The standard InChI is InChI=1S/C10H11ClN6O3/c1-16-4-17(3-5-12-6(2-11)20-15-5)7-8(16)13-10(19)14-9(7)18/h2-4H2,1H3,(H2,13,14,18,19). The van der Waals surface area contributed by atoms with Gasteiger partial charge in [-0.15, -0.1) is 11.6 Å². The molecule has 2 aromatic rings. The van der Waals surface area contributed by atoms with Crippen LogP contribution in [0.2, 0.25) is 0 Å². The monoisotopic (exact) mass is 298 g/mol. The Morgan fingerprint density at radius 2 is 2.20 bits per heavy atom. The molecule has 0 saturated heterocycles. The third kappa shape index (κ3) is 2.05. The number of alkyl halides is 1. The molecule has 1 aliphatic heterocycles. The normalized spacial score (nSPS) is 13.9. The maximum Gasteiger partial charge on any atom is 0.327 e. The Kier molecular flexibility index (Phi) is 2.97. The number of hydrogen-bond donors (Lipinski definition) is 2. The van der Waals surface area contributed by atoms with E-state index in [1.54, 1.807) is 16.8 Å². The van der Waals surface area contributed by atoms with Crippen LogP contribution in [0.1, 0.15) is 11.7 Å². The van der Waals surface area contributed by atoms with Gasteiger partial charge < -0.3 is 14.3 Å². The summed E-state index contributed by atoms with van der Waals surface area (Å²) in [5.41, 5.74) is -0.607. The lowest BCUT2D eigenvalue weighted by molar-refractivity contribution is 0.384. The minimum absolute atomic E-state index is 0.136. The maximum absolute atomic E-state index is 11.9. The SMILES string of the molecule is CN1CN(Cc2noc(CCl)n2)c2c1[nH]c(=O)[nH]c2=O. The Hall–Kier alpha value is -2.29. The molecule has 0 spiro atoms. The Morgan fingerprint density at radius 3 is 2.90 bits per heavy atom. The van der Waals surface area contributed by atoms with Crippen LogP contribution in [0.25, 0.3) is 0 Å². The summed E-state index contributed by atoms with van der Waals surface area (Å²) in [5, 5.41) is 3.78. The molecule has 2 N–H and O–H groups in total. The molecule has 10 heteroatoms. The molecule has 0 saturated carbocycles. The van der Waals surface area contributed by atoms with Gasteiger partial charge >= 0.3 is 5.69 Å². The summed E-state index contributed by atoms with van der Waals surface area (Å²) in [6.45, 7) is 0.718. The number of fused-ring (bicyclic) bond motifs is 1. The molecular weight excluding hydrogens is 288 g/mol. The fourth-order valence-corrected chi connectivity index (χ4v) is 2.25. The summed E-state index contributed by atoms with van der Waals surface area (Å²) in [7, 11) is 1.77. The van der Waals surface area contributed by atoms with Crippen molar-refractivity contribution in [3.05, 3.63) is 32.6 Å². The highest BCUT2D eigenvalue weighted by Crippen LogP contribution is 2.28. The Labute approximate surface area is 117 Å². The van der Waals surface area contributed by atoms with Crippen LogP contribution in [0.3, 0.4) is 0 Å². The zero-order valence-electron chi connectivity index (χ0n) is 10.5. The van der Waals surface area contributed by atoms with Crippen molar-refractivity contribution in [2.75, 3.05) is 23.5 Å². The molecule has 2 aromatic heterocycles. The molecule has 20 heavy (non-hydrogen) atoms. The summed E-state index contributed by atoms with van der Waals surface area (Å²) in [6, 6.07) is 0. The van der Waals surface area contributed by atoms with E-state index in [1.807, 2.05) is 0 Å². The second-order valence-corrected chi connectivity index (χ2v) is 4.65. The fraction of sp³-hybridized carbons (Fsp3) is 0.400. The molecule has 0 amide bonds. The lowest BCUT2D eigenvalue weighted by Gasteiger charge is -2.15. The van der Waals surface area contributed by atoms with Gasteiger partial charge in [-0.3, -0.25) is 14.8 Å². The number of anilines is 2. The van der Waals surface area contributed by atoms with Gasteiger partial charge in [0.15, 0.2) is 5.82 Å². The van der Waals surface area contributed by atoms with Crippen LogP contribution in [0.5, 0.6) is 0 Å². The minimum atomic E-state index is -0.536. The van der Waals surface area contributed by atoms with Crippen LogP contribution >= 0.6 is 11.6 Å². The van der Waals surface area contributed by atoms with Crippen molar-refractivity contribution >= 4 is 23.1 Å². The van der Waals surface area contributed by atoms with Crippen molar-refractivity contribution in [1.82, 2.24) is 20.1 Å². The van der Waals surface area contributed by atoms with Crippen LogP contribution in [-0.4, -0.2) is 33.8 Å². The molecule has 3 heterocycles. The zero-order valence-corrected chi connectivity index (χ0v) is 11.3. The zero-order chi connectivity index (χ0) is 14.3. The first-order valence-corrected chi connectivity index (χ1v) is 6.32. The third-order valence-corrected chi connectivity index (χ3v) is 3.16. The molecule has 106 valence electrons. The van der Waals surface area contributed by atoms with Crippen molar-refractivity contribution < 1.29 is 4.52 Å². The van der Waals surface area contributed by atoms with Gasteiger partial charge in [-0.25, -0.2) is 4.79 Å². The molecule has 3 rings (SSSR count). The van der Waals surface area contributed by atoms with E-state index in [9.17, 15) is 9.59 Å². The van der Waals surface area contributed by atoms with Gasteiger partial charge in [0.2, 0.25) is 5.89 Å². The molecule has 0 unspecified atom stereocenters. The van der Waals surface area contributed by atoms with Gasteiger partial charge in [0, 0.05) is 7.05 Å². The molecule has 1 aliphatic rings. The summed E-state index contributed by atoms with van der Waals surface area (Å²) in [4.78, 5) is 35.6. The first-order valence-electron chi connectivity index (χ1n) is 5.78. The second-order valence-electron chi connectivity index (χ2n) is 4.38. The number of rotatable bonds is 3. The molecule has 0 atom stereocenters. The Balaban J connectivity index is 1.95. The third-order valence-electron chi connectivity index (χ3n) is 2.94. The van der Waals surface area contributed by atoms with E-state index in [4.69, 9.17) is 16.1 Å². The predicted octanol–water partition coefficient (Wildman–Crippen LogP) is -0.401. The summed E-state index contributed by atoms with van der Waals surface area (Å²) in [6.07, 6.45) is 0. The quantitative estimate of drug-likeness (QED) is 0.742. The summed E-state index contributed by atoms with van der Waals surface area (Å²) < 4.78 is 4.91. The van der Waals surface area contributed by atoms with E-state index in [-0.39, 0.29) is 12.4 Å². The molecule has 9 nitrogen and oxygen atoms in total. The second kappa shape index (κ2) is 4.67. The lowest BCUT2D eigenvalue weighted by Crippen LogP contribution is -2.30. The molecule has 0 bridgehead atoms. The summed E-state index contributed by atoms with van der Waals surface area (Å²) >= 11 is 5.59. The van der Waals surface area contributed by atoms with Crippen molar-refractivity contribution in [2.45, 2.75) is 12.4 Å². The van der Waals surface area contributed by atoms with Gasteiger partial charge in [0.1, 0.15) is 17.4 Å². The van der Waals surface area contributed by atoms with E-state index in [1.165, 1.54) is 0 Å². The molecular formula is C10H11ClN6O3. The van der Waals surface area contributed by atoms with Crippen LogP contribution in [0, 0.1) is 0 Å². The number of H-pyrrole nitrogens is 2. The number of nitrogens with zero attached hydrogens (tertiary/aromatic N) is 4. The van der Waals surface area contributed by atoms with Crippen molar-refractivity contribution in [2.24, 2.45) is 0 Å². The molecule has 0 aromatic carbocycles. The molecule has 0 fully saturated rings. The number of aromatic nitrogens is 4. The van der Waals surface area contributed by atoms with Gasteiger partial charge in [-0.05, 0) is 0 Å². The van der Waals surface area contributed by atoms with E-state index in [0.717, 1.165) is 0 Å². The van der Waals surface area contributed by atoms with Crippen LogP contribution < -0.4 is 21.0 Å². The number of hydrogen-bond acceptors (Lipinski definition) is 7. The Bertz CT molecular complexity index is 750. The Morgan fingerprint density at radius 1 is 1.40 bits per heavy atom. The van der Waals surface area contributed by atoms with Crippen molar-refractivity contribution in [1.29, 1.82) is 0 Å². The van der Waals surface area contributed by atoms with E-state index in [2.05, 4.69) is 20.1 Å². The van der Waals surface area contributed by atoms with E-state index >= 15 is 0 Å². The first kappa shape index (κ1) is 12.7. The fourth-order valence-electron chi connectivity index (χ4n) is 2.14. The van der Waals surface area contributed by atoms with Crippen molar-refractivity contribution in [3.63, 3.8) is 0 Å². The predicted molar refractivity (Wildman–Crippen MR) is 71.0 cm³/mol. The maximum atomic E-state index is 11.9. The number of halogens is 1. The van der Waals surface area contributed by atoms with Crippen LogP contribution in [0.4, 0.5) is 11.5 Å². The highest BCUT2D eigenvalue weighted by Gasteiger charge is 2.28. The van der Waals surface area contributed by atoms with Gasteiger partial charge in [0.25, 0.3) is 5.56 Å². The van der Waals surface area contributed by atoms with Crippen molar-refractivity contribution in [3.8, 4) is 0 Å². The largest absolute Gasteiger partial charge is 0.341 e. The van der Waals surface area contributed by atoms with Crippen LogP contribution in [0.15, 0.2) is 14.1 Å². The number of nitrogens with one attached hydrogen (secondary N) is 2. The topological polar surface area (TPSA) is 111 Å². The number of aromatic amines is 2. The average Bonchev–Trinajstić information content (AvgIpc) is 2.96. The van der Waals surface area contributed by atoms with Gasteiger partial charge in [-0.1, -0.05) is 5.16 Å². The molecule has 0 radical (unpaired) electrons. The van der Waals surface area contributed by atoms with E-state index < -0.39 is 11.2 Å². The summed E-state index contributed by atoms with van der Waals surface area (Å²) in [5.74, 6) is 1.36. The lowest BCUT2D eigenvalue weighted by atomic mass is 10.4. The minimum Gasteiger partial charge on any atom is -0.341 e. The highest BCUT2D eigenvalue weighted by molar-refractivity contribution is 6.16. The smallest absolute Gasteiger partial charge is 0.327 e. The molecule has 0 aliphatic carbocycles. The average molecular weight is 299 g/mol. The van der Waals surface area contributed by atoms with E-state index in [0.29, 0.717) is 29.9 Å². The first-order chi connectivity index (χ1) is 9.58. The highest BCUT2D eigenvalue weighted by atomic mass is 35.5.